The highest BCUT2D eigenvalue weighted by atomic mass is 35.5. The second kappa shape index (κ2) is 5.52. The molecule has 0 bridgehead atoms. The summed E-state index contributed by atoms with van der Waals surface area (Å²) in [5.74, 6) is 0.00469. The first kappa shape index (κ1) is 14.7. The number of aromatic nitrogens is 1. The molecule has 0 fully saturated rings. The van der Waals surface area contributed by atoms with Gasteiger partial charge < -0.3 is 14.6 Å². The van der Waals surface area contributed by atoms with Gasteiger partial charge in [-0.3, -0.25) is 4.79 Å². The SMILES string of the molecule is COCC(=O)N1Cc2c([nH]c3c(Cl)c(Cl)ccc23)CC1C. The van der Waals surface area contributed by atoms with Crippen LogP contribution in [0.25, 0.3) is 10.9 Å². The number of carbonyl (C=O) groups is 1. The molecule has 4 nitrogen and oxygen atoms in total. The monoisotopic (exact) mass is 326 g/mol. The number of carbonyl (C=O) groups excluding carboxylic acids is 1. The van der Waals surface area contributed by atoms with Crippen molar-refractivity contribution in [1.29, 1.82) is 0 Å². The van der Waals surface area contributed by atoms with Crippen molar-refractivity contribution in [3.05, 3.63) is 33.4 Å². The fourth-order valence-corrected chi connectivity index (χ4v) is 3.31. The van der Waals surface area contributed by atoms with E-state index in [1.807, 2.05) is 17.9 Å². The first-order chi connectivity index (χ1) is 10.0. The van der Waals surface area contributed by atoms with E-state index in [-0.39, 0.29) is 18.6 Å². The highest BCUT2D eigenvalue weighted by molar-refractivity contribution is 6.45. The van der Waals surface area contributed by atoms with Gasteiger partial charge in [-0.2, -0.15) is 0 Å². The number of nitrogens with zero attached hydrogens (tertiary/aromatic N) is 1. The molecular formula is C15H16Cl2N2O2. The molecule has 0 saturated heterocycles. The summed E-state index contributed by atoms with van der Waals surface area (Å²) >= 11 is 12.3. The van der Waals surface area contributed by atoms with Crippen LogP contribution in [0, 0.1) is 0 Å². The number of benzene rings is 1. The fraction of sp³-hybridized carbons (Fsp3) is 0.400. The molecule has 0 saturated carbocycles. The van der Waals surface area contributed by atoms with Gasteiger partial charge in [0.2, 0.25) is 5.91 Å². The zero-order chi connectivity index (χ0) is 15.1. The largest absolute Gasteiger partial charge is 0.375 e. The maximum Gasteiger partial charge on any atom is 0.249 e. The number of halogens is 2. The van der Waals surface area contributed by atoms with Gasteiger partial charge in [0.05, 0.1) is 15.6 Å². The zero-order valence-electron chi connectivity index (χ0n) is 11.9. The number of methoxy groups -OCH3 is 1. The number of hydrogen-bond donors (Lipinski definition) is 1. The summed E-state index contributed by atoms with van der Waals surface area (Å²) in [5.41, 5.74) is 3.09. The van der Waals surface area contributed by atoms with E-state index in [1.165, 1.54) is 7.11 Å². The van der Waals surface area contributed by atoms with Crippen molar-refractivity contribution in [3.8, 4) is 0 Å². The lowest BCUT2D eigenvalue weighted by Gasteiger charge is -2.33. The van der Waals surface area contributed by atoms with Gasteiger partial charge in [-0.25, -0.2) is 0 Å². The molecule has 21 heavy (non-hydrogen) atoms. The number of H-pyrrole nitrogens is 1. The Bertz CT molecular complexity index is 711. The first-order valence-corrected chi connectivity index (χ1v) is 7.54. The molecule has 1 aromatic heterocycles. The van der Waals surface area contributed by atoms with E-state index in [0.717, 1.165) is 28.6 Å². The van der Waals surface area contributed by atoms with Crippen molar-refractivity contribution in [2.75, 3.05) is 13.7 Å². The van der Waals surface area contributed by atoms with E-state index in [9.17, 15) is 4.79 Å². The molecule has 1 atom stereocenters. The van der Waals surface area contributed by atoms with Gasteiger partial charge >= 0.3 is 0 Å². The smallest absolute Gasteiger partial charge is 0.249 e. The van der Waals surface area contributed by atoms with Gasteiger partial charge in [0, 0.05) is 42.8 Å². The van der Waals surface area contributed by atoms with Gasteiger partial charge in [0.25, 0.3) is 0 Å². The van der Waals surface area contributed by atoms with Crippen molar-refractivity contribution in [3.63, 3.8) is 0 Å². The number of ether oxygens (including phenoxy) is 1. The quantitative estimate of drug-likeness (QED) is 0.919. The lowest BCUT2D eigenvalue weighted by molar-refractivity contribution is -0.138. The van der Waals surface area contributed by atoms with Crippen LogP contribution in [0.3, 0.4) is 0 Å². The van der Waals surface area contributed by atoms with Crippen LogP contribution in [0.1, 0.15) is 18.2 Å². The van der Waals surface area contributed by atoms with Crippen LogP contribution in [0.5, 0.6) is 0 Å². The Morgan fingerprint density at radius 3 is 2.95 bits per heavy atom. The fourth-order valence-electron chi connectivity index (χ4n) is 2.94. The van der Waals surface area contributed by atoms with Crippen LogP contribution in [0.4, 0.5) is 0 Å². The Balaban J connectivity index is 2.05. The average Bonchev–Trinajstić information content (AvgIpc) is 2.80. The molecule has 1 unspecified atom stereocenters. The summed E-state index contributed by atoms with van der Waals surface area (Å²) in [5, 5.41) is 2.09. The standard InChI is InChI=1S/C15H16Cl2N2O2/c1-8-5-12-10(6-19(8)13(20)7-21-2)9-3-4-11(16)14(17)15(9)18-12/h3-4,8,18H,5-7H2,1-2H3. The third-order valence-electron chi connectivity index (χ3n) is 4.01. The molecular weight excluding hydrogens is 311 g/mol. The van der Waals surface area contributed by atoms with Gasteiger partial charge in [-0.15, -0.1) is 0 Å². The van der Waals surface area contributed by atoms with E-state index < -0.39 is 0 Å². The molecule has 2 aromatic rings. The summed E-state index contributed by atoms with van der Waals surface area (Å²) in [6.45, 7) is 2.71. The van der Waals surface area contributed by atoms with Crippen molar-refractivity contribution < 1.29 is 9.53 Å². The Hall–Kier alpha value is -1.23. The molecule has 1 aliphatic heterocycles. The Labute approximate surface area is 133 Å². The Morgan fingerprint density at radius 2 is 2.24 bits per heavy atom. The highest BCUT2D eigenvalue weighted by Gasteiger charge is 2.29. The van der Waals surface area contributed by atoms with Crippen LogP contribution >= 0.6 is 23.2 Å². The number of rotatable bonds is 2. The summed E-state index contributed by atoms with van der Waals surface area (Å²) in [6.07, 6.45) is 0.771. The molecule has 0 radical (unpaired) electrons. The number of amides is 1. The minimum absolute atomic E-state index is 0.00469. The number of aromatic amines is 1. The first-order valence-electron chi connectivity index (χ1n) is 6.78. The summed E-state index contributed by atoms with van der Waals surface area (Å²) in [4.78, 5) is 17.4. The van der Waals surface area contributed by atoms with Crippen molar-refractivity contribution in [2.45, 2.75) is 25.9 Å². The van der Waals surface area contributed by atoms with Gasteiger partial charge in [-0.1, -0.05) is 29.3 Å². The van der Waals surface area contributed by atoms with E-state index in [2.05, 4.69) is 4.98 Å². The summed E-state index contributed by atoms with van der Waals surface area (Å²) in [7, 11) is 1.53. The van der Waals surface area contributed by atoms with Crippen molar-refractivity contribution in [1.82, 2.24) is 9.88 Å². The van der Waals surface area contributed by atoms with E-state index >= 15 is 0 Å². The Morgan fingerprint density at radius 1 is 1.48 bits per heavy atom. The van der Waals surface area contributed by atoms with Gasteiger partial charge in [0.15, 0.2) is 0 Å². The predicted molar refractivity (Wildman–Crippen MR) is 83.9 cm³/mol. The summed E-state index contributed by atoms with van der Waals surface area (Å²) < 4.78 is 4.96. The Kier molecular flexibility index (Phi) is 3.86. The molecule has 1 aliphatic rings. The minimum atomic E-state index is 0.00469. The molecule has 6 heteroatoms. The molecule has 0 spiro atoms. The van der Waals surface area contributed by atoms with Crippen LogP contribution in [0.15, 0.2) is 12.1 Å². The lowest BCUT2D eigenvalue weighted by atomic mass is 9.99. The average molecular weight is 327 g/mol. The third-order valence-corrected chi connectivity index (χ3v) is 4.81. The molecule has 0 aliphatic carbocycles. The second-order valence-corrected chi connectivity index (χ2v) is 6.16. The number of fused-ring (bicyclic) bond motifs is 3. The highest BCUT2D eigenvalue weighted by Crippen LogP contribution is 2.36. The maximum atomic E-state index is 12.1. The maximum absolute atomic E-state index is 12.1. The van der Waals surface area contributed by atoms with Gasteiger partial charge in [-0.05, 0) is 13.0 Å². The van der Waals surface area contributed by atoms with Gasteiger partial charge in [0.1, 0.15) is 6.61 Å². The molecule has 1 N–H and O–H groups in total. The van der Waals surface area contributed by atoms with Crippen LogP contribution < -0.4 is 0 Å². The minimum Gasteiger partial charge on any atom is -0.375 e. The van der Waals surface area contributed by atoms with E-state index in [1.54, 1.807) is 6.07 Å². The molecule has 3 rings (SSSR count). The van der Waals surface area contributed by atoms with Crippen LogP contribution in [-0.2, 0) is 22.5 Å². The second-order valence-electron chi connectivity index (χ2n) is 5.37. The van der Waals surface area contributed by atoms with Crippen molar-refractivity contribution in [2.24, 2.45) is 0 Å². The van der Waals surface area contributed by atoms with E-state index in [4.69, 9.17) is 27.9 Å². The summed E-state index contributed by atoms with van der Waals surface area (Å²) in [6, 6.07) is 3.87. The van der Waals surface area contributed by atoms with E-state index in [0.29, 0.717) is 16.6 Å². The lowest BCUT2D eigenvalue weighted by Crippen LogP contribution is -2.44. The van der Waals surface area contributed by atoms with Crippen molar-refractivity contribution >= 4 is 40.0 Å². The molecule has 1 aromatic carbocycles. The molecule has 112 valence electrons. The number of nitrogens with one attached hydrogen (secondary N) is 1. The predicted octanol–water partition coefficient (Wildman–Crippen LogP) is 3.39. The van der Waals surface area contributed by atoms with Crippen LogP contribution in [0.2, 0.25) is 10.0 Å². The normalized spacial score (nSPS) is 18.1. The van der Waals surface area contributed by atoms with Crippen LogP contribution in [-0.4, -0.2) is 35.5 Å². The molecule has 1 amide bonds. The topological polar surface area (TPSA) is 45.3 Å². The number of hydrogen-bond acceptors (Lipinski definition) is 2. The third kappa shape index (κ3) is 2.41. The molecule has 2 heterocycles. The zero-order valence-corrected chi connectivity index (χ0v) is 13.4.